The highest BCUT2D eigenvalue weighted by molar-refractivity contribution is 7.89. The minimum atomic E-state index is -3.40. The topological polar surface area (TPSA) is 71.5 Å². The molecule has 6 nitrogen and oxygen atoms in total. The zero-order valence-corrected chi connectivity index (χ0v) is 16.3. The van der Waals surface area contributed by atoms with Gasteiger partial charge in [-0.15, -0.1) is 0 Å². The Kier molecular flexibility index (Phi) is 7.28. The van der Waals surface area contributed by atoms with Crippen LogP contribution in [0.2, 0.25) is 0 Å². The van der Waals surface area contributed by atoms with Crippen molar-refractivity contribution in [2.24, 2.45) is 0 Å². The van der Waals surface area contributed by atoms with Gasteiger partial charge in [-0.3, -0.25) is 0 Å². The van der Waals surface area contributed by atoms with E-state index in [0.717, 1.165) is 19.3 Å². The minimum Gasteiger partial charge on any atom is -0.376 e. The van der Waals surface area contributed by atoms with Gasteiger partial charge >= 0.3 is 0 Å². The molecule has 0 radical (unpaired) electrons. The van der Waals surface area contributed by atoms with Crippen LogP contribution < -0.4 is 5.32 Å². The third kappa shape index (κ3) is 5.41. The number of rotatable bonds is 7. The molecular weight excluding hydrogens is 350 g/mol. The fraction of sp³-hybridized carbons (Fsp3) is 0.737. The van der Waals surface area contributed by atoms with E-state index in [1.54, 1.807) is 16.4 Å². The standard InChI is InChI=1S/C19H31N3O3S/c23-26(24,22-13-6-3-7-14-22)18-10-11-19(21-16-18)20-12-15-25-17-8-4-1-2-5-9-17/h10-11,16-17H,1-9,12-15H2,(H,20,21). The summed E-state index contributed by atoms with van der Waals surface area (Å²) in [7, 11) is -3.40. The van der Waals surface area contributed by atoms with Gasteiger partial charge in [-0.05, 0) is 37.8 Å². The van der Waals surface area contributed by atoms with Crippen molar-refractivity contribution in [1.82, 2.24) is 9.29 Å². The van der Waals surface area contributed by atoms with Crippen molar-refractivity contribution in [3.8, 4) is 0 Å². The van der Waals surface area contributed by atoms with Gasteiger partial charge in [0.15, 0.2) is 0 Å². The highest BCUT2D eigenvalue weighted by Gasteiger charge is 2.26. The molecule has 2 aliphatic rings. The van der Waals surface area contributed by atoms with Gasteiger partial charge < -0.3 is 10.1 Å². The summed E-state index contributed by atoms with van der Waals surface area (Å²) in [5, 5.41) is 3.21. The lowest BCUT2D eigenvalue weighted by atomic mass is 10.1. The molecule has 146 valence electrons. The first-order chi connectivity index (χ1) is 12.7. The number of anilines is 1. The number of aromatic nitrogens is 1. The fourth-order valence-corrected chi connectivity index (χ4v) is 5.17. The van der Waals surface area contributed by atoms with E-state index in [9.17, 15) is 8.42 Å². The predicted molar refractivity (Wildman–Crippen MR) is 103 cm³/mol. The minimum absolute atomic E-state index is 0.277. The van der Waals surface area contributed by atoms with Crippen LogP contribution in [0.15, 0.2) is 23.2 Å². The van der Waals surface area contributed by atoms with Crippen molar-refractivity contribution in [3.05, 3.63) is 18.3 Å². The number of nitrogens with one attached hydrogen (secondary N) is 1. The summed E-state index contributed by atoms with van der Waals surface area (Å²) in [6, 6.07) is 3.38. The Balaban J connectivity index is 1.45. The normalized spacial score (nSPS) is 20.6. The number of ether oxygens (including phenoxy) is 1. The van der Waals surface area contributed by atoms with Gasteiger partial charge in [0.1, 0.15) is 10.7 Å². The molecule has 26 heavy (non-hydrogen) atoms. The van der Waals surface area contributed by atoms with Crippen LogP contribution in [0.3, 0.4) is 0 Å². The quantitative estimate of drug-likeness (QED) is 0.579. The molecule has 2 fully saturated rings. The average Bonchev–Trinajstić information content (AvgIpc) is 2.95. The highest BCUT2D eigenvalue weighted by atomic mass is 32.2. The van der Waals surface area contributed by atoms with Crippen LogP contribution in [-0.4, -0.2) is 50.1 Å². The Morgan fingerprint density at radius 3 is 2.38 bits per heavy atom. The summed E-state index contributed by atoms with van der Waals surface area (Å²) in [5.74, 6) is 0.687. The number of hydrogen-bond acceptors (Lipinski definition) is 5. The van der Waals surface area contributed by atoms with Crippen LogP contribution in [0.1, 0.15) is 57.8 Å². The summed E-state index contributed by atoms with van der Waals surface area (Å²) in [5.41, 5.74) is 0. The molecule has 0 amide bonds. The van der Waals surface area contributed by atoms with E-state index in [-0.39, 0.29) is 4.90 Å². The fourth-order valence-electron chi connectivity index (χ4n) is 3.71. The molecule has 0 spiro atoms. The second-order valence-corrected chi connectivity index (χ2v) is 9.19. The van der Waals surface area contributed by atoms with Crippen LogP contribution in [0.25, 0.3) is 0 Å². The maximum atomic E-state index is 12.6. The zero-order valence-electron chi connectivity index (χ0n) is 15.5. The van der Waals surface area contributed by atoms with E-state index >= 15 is 0 Å². The van der Waals surface area contributed by atoms with Crippen LogP contribution in [0.5, 0.6) is 0 Å². The average molecular weight is 382 g/mol. The number of piperidine rings is 1. The molecule has 1 aliphatic carbocycles. The predicted octanol–water partition coefficient (Wildman–Crippen LogP) is 3.41. The van der Waals surface area contributed by atoms with Gasteiger partial charge in [0, 0.05) is 25.8 Å². The van der Waals surface area contributed by atoms with E-state index in [1.165, 1.54) is 44.7 Å². The van der Waals surface area contributed by atoms with E-state index in [4.69, 9.17) is 4.74 Å². The molecule has 0 aromatic carbocycles. The Labute approximate surface area is 157 Å². The van der Waals surface area contributed by atoms with E-state index < -0.39 is 10.0 Å². The van der Waals surface area contributed by atoms with E-state index in [1.807, 2.05) is 0 Å². The van der Waals surface area contributed by atoms with Gasteiger partial charge in [-0.25, -0.2) is 13.4 Å². The molecule has 0 atom stereocenters. The first-order valence-electron chi connectivity index (χ1n) is 9.98. The molecule has 7 heteroatoms. The van der Waals surface area contributed by atoms with Crippen LogP contribution >= 0.6 is 0 Å². The van der Waals surface area contributed by atoms with Gasteiger partial charge in [0.05, 0.1) is 12.7 Å². The summed E-state index contributed by atoms with van der Waals surface area (Å²) < 4.78 is 32.7. The Bertz CT molecular complexity index is 634. The van der Waals surface area contributed by atoms with Crippen LogP contribution in [0, 0.1) is 0 Å². The zero-order chi connectivity index (χ0) is 18.2. The van der Waals surface area contributed by atoms with E-state index in [2.05, 4.69) is 10.3 Å². The second-order valence-electron chi connectivity index (χ2n) is 7.26. The third-order valence-corrected chi connectivity index (χ3v) is 7.14. The highest BCUT2D eigenvalue weighted by Crippen LogP contribution is 2.21. The smallest absolute Gasteiger partial charge is 0.244 e. The Morgan fingerprint density at radius 2 is 1.73 bits per heavy atom. The molecule has 1 aromatic heterocycles. The van der Waals surface area contributed by atoms with Gasteiger partial charge in [-0.1, -0.05) is 32.1 Å². The number of nitrogens with zero attached hydrogens (tertiary/aromatic N) is 2. The lowest BCUT2D eigenvalue weighted by molar-refractivity contribution is 0.0501. The lowest BCUT2D eigenvalue weighted by Crippen LogP contribution is -2.35. The molecule has 1 saturated heterocycles. The van der Waals surface area contributed by atoms with Gasteiger partial charge in [-0.2, -0.15) is 4.31 Å². The Morgan fingerprint density at radius 1 is 1.04 bits per heavy atom. The van der Waals surface area contributed by atoms with Gasteiger partial charge in [0.25, 0.3) is 0 Å². The summed E-state index contributed by atoms with van der Waals surface area (Å²) in [6.45, 7) is 2.56. The molecule has 1 N–H and O–H groups in total. The molecule has 1 aliphatic heterocycles. The van der Waals surface area contributed by atoms with Crippen molar-refractivity contribution >= 4 is 15.8 Å². The first kappa shape index (κ1) is 19.6. The molecule has 1 saturated carbocycles. The van der Waals surface area contributed by atoms with Crippen molar-refractivity contribution in [2.75, 3.05) is 31.6 Å². The lowest BCUT2D eigenvalue weighted by Gasteiger charge is -2.25. The van der Waals surface area contributed by atoms with Crippen molar-refractivity contribution < 1.29 is 13.2 Å². The summed E-state index contributed by atoms with van der Waals surface area (Å²) in [4.78, 5) is 4.54. The van der Waals surface area contributed by atoms with Gasteiger partial charge in [0.2, 0.25) is 10.0 Å². The monoisotopic (exact) mass is 381 g/mol. The van der Waals surface area contributed by atoms with Crippen molar-refractivity contribution in [3.63, 3.8) is 0 Å². The van der Waals surface area contributed by atoms with Crippen molar-refractivity contribution in [2.45, 2.75) is 68.8 Å². The SMILES string of the molecule is O=S(=O)(c1ccc(NCCOC2CCCCCC2)nc1)N1CCCCC1. The molecule has 0 bridgehead atoms. The maximum Gasteiger partial charge on any atom is 0.244 e. The molecule has 1 aromatic rings. The molecule has 0 unspecified atom stereocenters. The summed E-state index contributed by atoms with van der Waals surface area (Å²) >= 11 is 0. The summed E-state index contributed by atoms with van der Waals surface area (Å²) in [6.07, 6.45) is 12.4. The van der Waals surface area contributed by atoms with Crippen LogP contribution in [-0.2, 0) is 14.8 Å². The molecule has 2 heterocycles. The third-order valence-electron chi connectivity index (χ3n) is 5.25. The maximum absolute atomic E-state index is 12.6. The largest absolute Gasteiger partial charge is 0.376 e. The van der Waals surface area contributed by atoms with Crippen molar-refractivity contribution in [1.29, 1.82) is 0 Å². The Hall–Kier alpha value is -1.18. The molecular formula is C19H31N3O3S. The number of hydrogen-bond donors (Lipinski definition) is 1. The number of pyridine rings is 1. The molecule has 3 rings (SSSR count). The second kappa shape index (κ2) is 9.67. The van der Waals surface area contributed by atoms with Crippen LogP contribution in [0.4, 0.5) is 5.82 Å². The first-order valence-corrected chi connectivity index (χ1v) is 11.4. The van der Waals surface area contributed by atoms with E-state index in [0.29, 0.717) is 38.2 Å². The number of sulfonamides is 1.